The van der Waals surface area contributed by atoms with Gasteiger partial charge in [0.05, 0.1) is 0 Å². The first-order valence-corrected chi connectivity index (χ1v) is 6.46. The third-order valence-electron chi connectivity index (χ3n) is 1.71. The molecular formula is C8H18ClN2P. The minimum absolute atomic E-state index is 0.687. The van der Waals surface area contributed by atoms with Crippen LogP contribution >= 0.6 is 18.8 Å². The van der Waals surface area contributed by atoms with Crippen molar-refractivity contribution in [1.29, 1.82) is 0 Å². The minimum atomic E-state index is -0.687. The van der Waals surface area contributed by atoms with E-state index in [1.165, 1.54) is 0 Å². The van der Waals surface area contributed by atoms with Gasteiger partial charge in [0.15, 0.2) is 7.58 Å². The van der Waals surface area contributed by atoms with Crippen LogP contribution in [0.1, 0.15) is 20.8 Å². The highest BCUT2D eigenvalue weighted by molar-refractivity contribution is 7.80. The molecule has 0 fully saturated rings. The van der Waals surface area contributed by atoms with Gasteiger partial charge in [-0.2, -0.15) is 0 Å². The second kappa shape index (κ2) is 6.71. The summed E-state index contributed by atoms with van der Waals surface area (Å²) < 4.78 is 4.31. The molecule has 1 atom stereocenters. The first-order valence-electron chi connectivity index (χ1n) is 4.31. The molecule has 0 aliphatic rings. The van der Waals surface area contributed by atoms with Crippen LogP contribution in [0.15, 0.2) is 12.8 Å². The molecular weight excluding hydrogens is 191 g/mol. The van der Waals surface area contributed by atoms with Gasteiger partial charge in [-0.15, -0.1) is 0 Å². The zero-order valence-corrected chi connectivity index (χ0v) is 9.78. The molecule has 72 valence electrons. The molecule has 0 spiro atoms. The summed E-state index contributed by atoms with van der Waals surface area (Å²) >= 11 is 6.26. The van der Waals surface area contributed by atoms with Crippen LogP contribution < -0.4 is 0 Å². The first-order chi connectivity index (χ1) is 5.71. The van der Waals surface area contributed by atoms with E-state index in [-0.39, 0.29) is 0 Å². The largest absolute Gasteiger partial charge is 0.333 e. The number of hydrogen-bond donors (Lipinski definition) is 0. The highest BCUT2D eigenvalue weighted by Gasteiger charge is 2.16. The van der Waals surface area contributed by atoms with Crippen LogP contribution in [-0.4, -0.2) is 29.0 Å². The van der Waals surface area contributed by atoms with Crippen LogP contribution in [0.25, 0.3) is 0 Å². The number of hydrogen-bond acceptors (Lipinski definition) is 2. The zero-order valence-electron chi connectivity index (χ0n) is 8.13. The average Bonchev–Trinajstić information content (AvgIpc) is 2.09. The molecule has 0 rings (SSSR count). The van der Waals surface area contributed by atoms with E-state index in [4.69, 9.17) is 11.2 Å². The third-order valence-corrected chi connectivity index (χ3v) is 4.84. The van der Waals surface area contributed by atoms with Crippen LogP contribution in [0.3, 0.4) is 0 Å². The summed E-state index contributed by atoms with van der Waals surface area (Å²) in [6, 6.07) is 0. The van der Waals surface area contributed by atoms with Crippen molar-refractivity contribution in [2.75, 3.05) is 19.6 Å². The number of halogens is 1. The minimum Gasteiger partial charge on any atom is -0.333 e. The molecule has 0 saturated carbocycles. The van der Waals surface area contributed by atoms with Crippen molar-refractivity contribution >= 4 is 18.8 Å². The third kappa shape index (κ3) is 3.30. The fraction of sp³-hybridized carbons (Fsp3) is 0.750. The van der Waals surface area contributed by atoms with Gasteiger partial charge < -0.3 is 4.67 Å². The van der Waals surface area contributed by atoms with Gasteiger partial charge in [-0.3, -0.25) is 4.67 Å². The summed E-state index contributed by atoms with van der Waals surface area (Å²) in [4.78, 5) is 0. The lowest BCUT2D eigenvalue weighted by Gasteiger charge is -2.31. The molecule has 1 unspecified atom stereocenters. The summed E-state index contributed by atoms with van der Waals surface area (Å²) in [5.74, 6) is 0. The lowest BCUT2D eigenvalue weighted by atomic mass is 10.7. The standard InChI is InChI=1S/C8H18ClN2P/c1-5-10(6-2)12(9)11(7-3)8-4/h5H,1,6-8H2,2-4H3. The molecule has 0 amide bonds. The number of nitrogens with zero attached hydrogens (tertiary/aromatic N) is 2. The van der Waals surface area contributed by atoms with Crippen molar-refractivity contribution in [2.24, 2.45) is 0 Å². The Morgan fingerprint density at radius 2 is 1.75 bits per heavy atom. The molecule has 0 aromatic carbocycles. The Morgan fingerprint density at radius 1 is 1.25 bits per heavy atom. The van der Waals surface area contributed by atoms with Crippen molar-refractivity contribution < 1.29 is 0 Å². The first kappa shape index (κ1) is 12.2. The van der Waals surface area contributed by atoms with Crippen molar-refractivity contribution in [3.05, 3.63) is 12.8 Å². The van der Waals surface area contributed by atoms with Crippen LogP contribution in [0.2, 0.25) is 0 Å². The molecule has 0 bridgehead atoms. The molecule has 0 saturated heterocycles. The van der Waals surface area contributed by atoms with Crippen molar-refractivity contribution in [1.82, 2.24) is 9.34 Å². The highest BCUT2D eigenvalue weighted by atomic mass is 35.7. The van der Waals surface area contributed by atoms with E-state index >= 15 is 0 Å². The molecule has 0 aromatic rings. The molecule has 0 N–H and O–H groups in total. The molecule has 0 heterocycles. The van der Waals surface area contributed by atoms with Gasteiger partial charge in [0.25, 0.3) is 0 Å². The summed E-state index contributed by atoms with van der Waals surface area (Å²) in [7, 11) is -0.687. The summed E-state index contributed by atoms with van der Waals surface area (Å²) in [5.41, 5.74) is 0. The Balaban J connectivity index is 4.11. The molecule has 4 heteroatoms. The Hall–Kier alpha value is 0.220. The summed E-state index contributed by atoms with van der Waals surface area (Å²) in [6.07, 6.45) is 1.82. The second-order valence-electron chi connectivity index (χ2n) is 2.32. The van der Waals surface area contributed by atoms with E-state index in [9.17, 15) is 0 Å². The number of rotatable bonds is 6. The highest BCUT2D eigenvalue weighted by Crippen LogP contribution is 2.48. The smallest absolute Gasteiger partial charge is 0.168 e. The normalized spacial score (nSPS) is 13.1. The Kier molecular flexibility index (Phi) is 6.83. The van der Waals surface area contributed by atoms with Crippen molar-refractivity contribution in [2.45, 2.75) is 20.8 Å². The van der Waals surface area contributed by atoms with Crippen molar-refractivity contribution in [3.63, 3.8) is 0 Å². The Morgan fingerprint density at radius 3 is 2.00 bits per heavy atom. The summed E-state index contributed by atoms with van der Waals surface area (Å²) in [5, 5.41) is 0. The maximum Gasteiger partial charge on any atom is 0.168 e. The van der Waals surface area contributed by atoms with E-state index in [2.05, 4.69) is 36.7 Å². The fourth-order valence-electron chi connectivity index (χ4n) is 0.933. The molecule has 12 heavy (non-hydrogen) atoms. The lowest BCUT2D eigenvalue weighted by Crippen LogP contribution is -2.22. The van der Waals surface area contributed by atoms with E-state index < -0.39 is 7.58 Å². The van der Waals surface area contributed by atoms with Crippen molar-refractivity contribution in [3.8, 4) is 0 Å². The SMILES string of the molecule is C=CN(CC)P(Cl)N(CC)CC. The van der Waals surface area contributed by atoms with Crippen LogP contribution in [0.5, 0.6) is 0 Å². The van der Waals surface area contributed by atoms with Gasteiger partial charge in [0, 0.05) is 19.6 Å². The second-order valence-corrected chi connectivity index (χ2v) is 4.79. The van der Waals surface area contributed by atoms with Gasteiger partial charge in [0.2, 0.25) is 0 Å². The van der Waals surface area contributed by atoms with Crippen LogP contribution in [0.4, 0.5) is 0 Å². The Labute approximate surface area is 81.8 Å². The lowest BCUT2D eigenvalue weighted by molar-refractivity contribution is 0.475. The van der Waals surface area contributed by atoms with Crippen LogP contribution in [0, 0.1) is 0 Å². The van der Waals surface area contributed by atoms with E-state index in [0.717, 1.165) is 19.6 Å². The summed E-state index contributed by atoms with van der Waals surface area (Å²) in [6.45, 7) is 13.0. The fourth-order valence-corrected chi connectivity index (χ4v) is 3.24. The van der Waals surface area contributed by atoms with Crippen LogP contribution in [-0.2, 0) is 0 Å². The van der Waals surface area contributed by atoms with Gasteiger partial charge in [-0.25, -0.2) is 0 Å². The Bertz CT molecular complexity index is 128. The zero-order chi connectivity index (χ0) is 9.56. The maximum absolute atomic E-state index is 6.26. The maximum atomic E-state index is 6.26. The van der Waals surface area contributed by atoms with Gasteiger partial charge in [-0.1, -0.05) is 31.7 Å². The topological polar surface area (TPSA) is 6.48 Å². The predicted molar refractivity (Wildman–Crippen MR) is 58.3 cm³/mol. The molecule has 2 nitrogen and oxygen atoms in total. The predicted octanol–water partition coefficient (Wildman–Crippen LogP) is 3.26. The average molecular weight is 209 g/mol. The quantitative estimate of drug-likeness (QED) is 0.619. The molecule has 0 radical (unpaired) electrons. The van der Waals surface area contributed by atoms with E-state index in [1.807, 2.05) is 6.20 Å². The van der Waals surface area contributed by atoms with E-state index in [0.29, 0.717) is 0 Å². The monoisotopic (exact) mass is 208 g/mol. The molecule has 0 aromatic heterocycles. The van der Waals surface area contributed by atoms with Gasteiger partial charge in [-0.05, 0) is 13.1 Å². The molecule has 0 aliphatic carbocycles. The van der Waals surface area contributed by atoms with E-state index in [1.54, 1.807) is 0 Å². The molecule has 0 aliphatic heterocycles. The van der Waals surface area contributed by atoms with Gasteiger partial charge in [0.1, 0.15) is 0 Å². The van der Waals surface area contributed by atoms with Gasteiger partial charge >= 0.3 is 0 Å².